The molecule has 84 valence electrons. The Balaban J connectivity index is 3.11. The van der Waals surface area contributed by atoms with Crippen molar-refractivity contribution in [1.29, 1.82) is 0 Å². The molecule has 0 aliphatic carbocycles. The highest BCUT2D eigenvalue weighted by Gasteiger charge is 2.19. The summed E-state index contributed by atoms with van der Waals surface area (Å²) in [5, 5.41) is 19.2. The van der Waals surface area contributed by atoms with Gasteiger partial charge in [0.25, 0.3) is 5.69 Å². The van der Waals surface area contributed by atoms with Gasteiger partial charge in [0.2, 0.25) is 0 Å². The number of rotatable bonds is 5. The van der Waals surface area contributed by atoms with Gasteiger partial charge in [-0.05, 0) is 12.5 Å². The average Bonchev–Trinajstić information content (AvgIpc) is 2.25. The molecule has 6 heteroatoms. The van der Waals surface area contributed by atoms with Crippen LogP contribution in [0.2, 0.25) is 0 Å². The third kappa shape index (κ3) is 2.63. The van der Waals surface area contributed by atoms with Crippen LogP contribution in [0.5, 0.6) is 0 Å². The lowest BCUT2D eigenvalue weighted by Gasteiger charge is -2.02. The van der Waals surface area contributed by atoms with Crippen LogP contribution in [-0.4, -0.2) is 22.3 Å². The summed E-state index contributed by atoms with van der Waals surface area (Å²) in [7, 11) is 0. The Bertz CT molecular complexity index is 441. The minimum Gasteiger partial charge on any atom is -0.481 e. The number of carbonyl (C=O) groups excluding carboxylic acids is 1. The van der Waals surface area contributed by atoms with Gasteiger partial charge in [-0.1, -0.05) is 12.1 Å². The number of carboxylic acid groups (broad SMARTS) is 1. The summed E-state index contributed by atoms with van der Waals surface area (Å²) in [5.74, 6) is -1.04. The molecule has 0 fully saturated rings. The Morgan fingerprint density at radius 2 is 2.19 bits per heavy atom. The van der Waals surface area contributed by atoms with Gasteiger partial charge in [0.1, 0.15) is 0 Å². The first kappa shape index (κ1) is 11.8. The highest BCUT2D eigenvalue weighted by molar-refractivity contribution is 5.82. The van der Waals surface area contributed by atoms with E-state index >= 15 is 0 Å². The largest absolute Gasteiger partial charge is 0.481 e. The van der Waals surface area contributed by atoms with E-state index in [0.29, 0.717) is 6.29 Å². The summed E-state index contributed by atoms with van der Waals surface area (Å²) >= 11 is 0. The first-order valence-corrected chi connectivity index (χ1v) is 4.49. The summed E-state index contributed by atoms with van der Waals surface area (Å²) in [6.07, 6.45) is 0.221. The van der Waals surface area contributed by atoms with E-state index in [2.05, 4.69) is 0 Å². The van der Waals surface area contributed by atoms with E-state index < -0.39 is 10.9 Å². The molecule has 0 atom stereocenters. The number of hydrogen-bond acceptors (Lipinski definition) is 4. The molecule has 0 aliphatic rings. The number of nitro groups is 1. The van der Waals surface area contributed by atoms with E-state index in [1.165, 1.54) is 18.2 Å². The molecule has 0 bridgehead atoms. The molecule has 1 aromatic rings. The number of aldehydes is 1. The number of para-hydroxylation sites is 1. The van der Waals surface area contributed by atoms with Crippen LogP contribution in [0.1, 0.15) is 22.3 Å². The number of nitrogens with zero attached hydrogens (tertiary/aromatic N) is 1. The second kappa shape index (κ2) is 5.01. The van der Waals surface area contributed by atoms with Gasteiger partial charge in [-0.3, -0.25) is 19.7 Å². The maximum Gasteiger partial charge on any atom is 0.303 e. The number of aliphatic carboxylic acids is 1. The van der Waals surface area contributed by atoms with Gasteiger partial charge in [0, 0.05) is 12.0 Å². The van der Waals surface area contributed by atoms with E-state index in [0.717, 1.165) is 0 Å². The highest BCUT2D eigenvalue weighted by atomic mass is 16.6. The zero-order valence-electron chi connectivity index (χ0n) is 8.25. The number of benzene rings is 1. The first-order chi connectivity index (χ1) is 7.56. The highest BCUT2D eigenvalue weighted by Crippen LogP contribution is 2.23. The van der Waals surface area contributed by atoms with Crippen molar-refractivity contribution < 1.29 is 19.6 Å². The van der Waals surface area contributed by atoms with Crippen molar-refractivity contribution in [2.45, 2.75) is 12.8 Å². The molecule has 1 N–H and O–H groups in total. The Morgan fingerprint density at radius 3 is 2.69 bits per heavy atom. The summed E-state index contributed by atoms with van der Waals surface area (Å²) in [6.45, 7) is 0. The monoisotopic (exact) mass is 223 g/mol. The van der Waals surface area contributed by atoms with Crippen molar-refractivity contribution in [1.82, 2.24) is 0 Å². The molecular weight excluding hydrogens is 214 g/mol. The zero-order chi connectivity index (χ0) is 12.1. The van der Waals surface area contributed by atoms with Crippen LogP contribution in [0.15, 0.2) is 18.2 Å². The Hall–Kier alpha value is -2.24. The minimum atomic E-state index is -1.04. The number of hydrogen-bond donors (Lipinski definition) is 1. The predicted molar refractivity (Wildman–Crippen MR) is 54.4 cm³/mol. The van der Waals surface area contributed by atoms with Crippen molar-refractivity contribution in [3.8, 4) is 0 Å². The standard InChI is InChI=1S/C10H9NO5/c12-6-8-3-1-2-7(4-5-9(13)14)10(8)11(15)16/h1-3,6H,4-5H2,(H,13,14). The number of carboxylic acids is 1. The molecule has 0 heterocycles. The quantitative estimate of drug-likeness (QED) is 0.462. The summed E-state index contributed by atoms with van der Waals surface area (Å²) in [6, 6.07) is 4.28. The molecule has 0 saturated carbocycles. The van der Waals surface area contributed by atoms with Crippen molar-refractivity contribution in [3.05, 3.63) is 39.4 Å². The molecule has 1 aromatic carbocycles. The van der Waals surface area contributed by atoms with E-state index in [-0.39, 0.29) is 29.7 Å². The topological polar surface area (TPSA) is 97.5 Å². The van der Waals surface area contributed by atoms with Crippen LogP contribution in [0.4, 0.5) is 5.69 Å². The van der Waals surface area contributed by atoms with Gasteiger partial charge in [-0.15, -0.1) is 0 Å². The third-order valence-corrected chi connectivity index (χ3v) is 2.07. The van der Waals surface area contributed by atoms with Crippen molar-refractivity contribution in [2.24, 2.45) is 0 Å². The normalized spacial score (nSPS) is 9.75. The van der Waals surface area contributed by atoms with E-state index in [1.807, 2.05) is 0 Å². The lowest BCUT2D eigenvalue weighted by molar-refractivity contribution is -0.385. The second-order valence-electron chi connectivity index (χ2n) is 3.12. The van der Waals surface area contributed by atoms with Gasteiger partial charge >= 0.3 is 5.97 Å². The van der Waals surface area contributed by atoms with Crippen LogP contribution in [0.3, 0.4) is 0 Å². The summed E-state index contributed by atoms with van der Waals surface area (Å²) in [5.41, 5.74) is -0.0800. The minimum absolute atomic E-state index is 0.0344. The first-order valence-electron chi connectivity index (χ1n) is 4.49. The van der Waals surface area contributed by atoms with Gasteiger partial charge in [0.15, 0.2) is 6.29 Å². The maximum atomic E-state index is 10.7. The van der Waals surface area contributed by atoms with E-state index in [4.69, 9.17) is 5.11 Å². The summed E-state index contributed by atoms with van der Waals surface area (Å²) < 4.78 is 0. The molecule has 0 aromatic heterocycles. The van der Waals surface area contributed by atoms with Crippen LogP contribution >= 0.6 is 0 Å². The molecule has 0 unspecified atom stereocenters. The molecule has 0 aliphatic heterocycles. The van der Waals surface area contributed by atoms with Gasteiger partial charge in [-0.2, -0.15) is 0 Å². The molecule has 0 spiro atoms. The molecule has 1 rings (SSSR count). The number of aryl methyl sites for hydroxylation is 1. The lowest BCUT2D eigenvalue weighted by Crippen LogP contribution is -2.03. The van der Waals surface area contributed by atoms with Crippen LogP contribution in [0, 0.1) is 10.1 Å². The third-order valence-electron chi connectivity index (χ3n) is 2.07. The Morgan fingerprint density at radius 1 is 1.50 bits per heavy atom. The van der Waals surface area contributed by atoms with Crippen molar-refractivity contribution in [3.63, 3.8) is 0 Å². The Kier molecular flexibility index (Phi) is 3.71. The molecule has 0 radical (unpaired) electrons. The fraction of sp³-hybridized carbons (Fsp3) is 0.200. The van der Waals surface area contributed by atoms with Gasteiger partial charge in [0.05, 0.1) is 10.5 Å². The van der Waals surface area contributed by atoms with Gasteiger partial charge in [-0.25, -0.2) is 0 Å². The second-order valence-corrected chi connectivity index (χ2v) is 3.12. The smallest absolute Gasteiger partial charge is 0.303 e. The number of nitro benzene ring substituents is 1. The average molecular weight is 223 g/mol. The van der Waals surface area contributed by atoms with E-state index in [1.54, 1.807) is 0 Å². The van der Waals surface area contributed by atoms with Crippen LogP contribution in [-0.2, 0) is 11.2 Å². The van der Waals surface area contributed by atoms with E-state index in [9.17, 15) is 19.7 Å². The SMILES string of the molecule is O=Cc1cccc(CCC(=O)O)c1[N+](=O)[O-]. The molecule has 0 saturated heterocycles. The fourth-order valence-electron chi connectivity index (χ4n) is 1.37. The van der Waals surface area contributed by atoms with Gasteiger partial charge < -0.3 is 5.11 Å². The van der Waals surface area contributed by atoms with Crippen LogP contribution in [0.25, 0.3) is 0 Å². The summed E-state index contributed by atoms with van der Waals surface area (Å²) in [4.78, 5) is 31.0. The molecule has 16 heavy (non-hydrogen) atoms. The number of carbonyl (C=O) groups is 2. The molecular formula is C10H9NO5. The zero-order valence-corrected chi connectivity index (χ0v) is 8.25. The lowest BCUT2D eigenvalue weighted by atomic mass is 10.0. The fourth-order valence-corrected chi connectivity index (χ4v) is 1.37. The van der Waals surface area contributed by atoms with Crippen molar-refractivity contribution >= 4 is 17.9 Å². The molecule has 0 amide bonds. The van der Waals surface area contributed by atoms with Crippen LogP contribution < -0.4 is 0 Å². The van der Waals surface area contributed by atoms with Crippen molar-refractivity contribution in [2.75, 3.05) is 0 Å². The molecule has 6 nitrogen and oxygen atoms in total. The maximum absolute atomic E-state index is 10.7. The Labute approximate surface area is 90.7 Å². The predicted octanol–water partition coefficient (Wildman–Crippen LogP) is 1.42.